The summed E-state index contributed by atoms with van der Waals surface area (Å²) < 4.78 is 0. The lowest BCUT2D eigenvalue weighted by atomic mass is 10.6. The second-order valence-corrected chi connectivity index (χ2v) is 1.30. The van der Waals surface area contributed by atoms with Crippen LogP contribution in [0.25, 0.3) is 0 Å². The molecule has 1 nitrogen and oxygen atoms in total. The molecule has 0 aliphatic carbocycles. The summed E-state index contributed by atoms with van der Waals surface area (Å²) in [5.41, 5.74) is 0.769. The van der Waals surface area contributed by atoms with Crippen LogP contribution in [0.2, 0.25) is 0 Å². The van der Waals surface area contributed by atoms with Gasteiger partial charge in [0.15, 0.2) is 0 Å². The fraction of sp³-hybridized carbons (Fsp3) is 0.286. The average molecular weight is 111 g/mol. The Morgan fingerprint density at radius 2 is 1.75 bits per heavy atom. The summed E-state index contributed by atoms with van der Waals surface area (Å²) in [5, 5.41) is 0. The van der Waals surface area contributed by atoms with Gasteiger partial charge in [-0.2, -0.15) is 0 Å². The molecule has 0 bridgehead atoms. The topological polar surface area (TPSA) is 12.4 Å². The molecule has 0 saturated heterocycles. The van der Waals surface area contributed by atoms with E-state index in [1.807, 2.05) is 6.92 Å². The van der Waals surface area contributed by atoms with E-state index >= 15 is 0 Å². The highest BCUT2D eigenvalue weighted by molar-refractivity contribution is 5.27. The molecular formula is C7H13N. The Kier molecular flexibility index (Phi) is 12.1. The molecule has 0 N–H and O–H groups in total. The number of allylic oxidation sites excluding steroid dienone is 2. The van der Waals surface area contributed by atoms with Crippen LogP contribution in [-0.4, -0.2) is 6.72 Å². The summed E-state index contributed by atoms with van der Waals surface area (Å²) in [6.07, 6.45) is 1.75. The van der Waals surface area contributed by atoms with E-state index in [1.165, 1.54) is 0 Å². The standard InChI is InChI=1S/C4H7N.C3H6/c1-4(2)5-3;1-3-2/h1,3H2,2H3;3H,1H2,2H3. The molecule has 0 unspecified atom stereocenters. The van der Waals surface area contributed by atoms with Gasteiger partial charge in [-0.1, -0.05) is 12.7 Å². The molecule has 46 valence electrons. The minimum Gasteiger partial charge on any atom is -0.270 e. The van der Waals surface area contributed by atoms with Gasteiger partial charge in [0.1, 0.15) is 0 Å². The molecule has 0 aromatic heterocycles. The first kappa shape index (κ1) is 10.2. The molecule has 0 spiro atoms. The molecule has 1 heteroatoms. The third-order valence-electron chi connectivity index (χ3n) is 0.270. The van der Waals surface area contributed by atoms with E-state index in [4.69, 9.17) is 0 Å². The predicted octanol–water partition coefficient (Wildman–Crippen LogP) is 2.41. The Morgan fingerprint density at radius 3 is 1.75 bits per heavy atom. The lowest BCUT2D eigenvalue weighted by Crippen LogP contribution is -1.52. The van der Waals surface area contributed by atoms with Crippen molar-refractivity contribution in [3.8, 4) is 0 Å². The molecule has 0 aliphatic heterocycles. The van der Waals surface area contributed by atoms with E-state index in [0.717, 1.165) is 5.70 Å². The SMILES string of the molecule is C=CC.C=NC(=C)C. The Bertz CT molecular complexity index is 82.4. The number of hydrogen-bond donors (Lipinski definition) is 0. The molecule has 0 aromatic carbocycles. The Morgan fingerprint density at radius 1 is 1.62 bits per heavy atom. The largest absolute Gasteiger partial charge is 0.270 e. The molecule has 0 heterocycles. The summed E-state index contributed by atoms with van der Waals surface area (Å²) >= 11 is 0. The van der Waals surface area contributed by atoms with Crippen LogP contribution >= 0.6 is 0 Å². The highest BCUT2D eigenvalue weighted by atomic mass is 14.7. The minimum atomic E-state index is 0.769. The molecule has 0 amide bonds. The van der Waals surface area contributed by atoms with Crippen LogP contribution in [0.4, 0.5) is 0 Å². The summed E-state index contributed by atoms with van der Waals surface area (Å²) in [6.45, 7) is 13.7. The lowest BCUT2D eigenvalue weighted by molar-refractivity contribution is 1.35. The fourth-order valence-corrected chi connectivity index (χ4v) is 0. The molecule has 8 heavy (non-hydrogen) atoms. The monoisotopic (exact) mass is 111 g/mol. The molecule has 0 atom stereocenters. The molecule has 0 aliphatic rings. The van der Waals surface area contributed by atoms with E-state index in [2.05, 4.69) is 24.9 Å². The van der Waals surface area contributed by atoms with Crippen LogP contribution in [0.3, 0.4) is 0 Å². The normalized spacial score (nSPS) is 5.75. The van der Waals surface area contributed by atoms with Crippen molar-refractivity contribution in [3.63, 3.8) is 0 Å². The van der Waals surface area contributed by atoms with E-state index < -0.39 is 0 Å². The van der Waals surface area contributed by atoms with Gasteiger partial charge in [-0.25, -0.2) is 0 Å². The van der Waals surface area contributed by atoms with Gasteiger partial charge in [-0.3, -0.25) is 4.99 Å². The van der Waals surface area contributed by atoms with Crippen LogP contribution in [0.5, 0.6) is 0 Å². The van der Waals surface area contributed by atoms with Crippen molar-refractivity contribution in [2.24, 2.45) is 4.99 Å². The number of aliphatic imine (C=N–C) groups is 1. The second kappa shape index (κ2) is 9.47. The first-order valence-electron chi connectivity index (χ1n) is 2.38. The summed E-state index contributed by atoms with van der Waals surface area (Å²) in [7, 11) is 0. The van der Waals surface area contributed by atoms with E-state index in [1.54, 1.807) is 13.0 Å². The number of rotatable bonds is 1. The molecule has 0 rings (SSSR count). The number of hydrogen-bond acceptors (Lipinski definition) is 1. The summed E-state index contributed by atoms with van der Waals surface area (Å²) in [6, 6.07) is 0. The van der Waals surface area contributed by atoms with Crippen molar-refractivity contribution in [3.05, 3.63) is 24.9 Å². The highest BCUT2D eigenvalue weighted by Crippen LogP contribution is 1.80. The minimum absolute atomic E-state index is 0.769. The van der Waals surface area contributed by atoms with Gasteiger partial charge in [-0.05, 0) is 20.6 Å². The fourth-order valence-electron chi connectivity index (χ4n) is 0. The van der Waals surface area contributed by atoms with Crippen molar-refractivity contribution in [1.82, 2.24) is 0 Å². The highest BCUT2D eigenvalue weighted by Gasteiger charge is 1.59. The van der Waals surface area contributed by atoms with Gasteiger partial charge in [0, 0.05) is 5.70 Å². The van der Waals surface area contributed by atoms with Gasteiger partial charge in [-0.15, -0.1) is 6.58 Å². The average Bonchev–Trinajstić information content (AvgIpc) is 1.69. The zero-order valence-corrected chi connectivity index (χ0v) is 5.65. The van der Waals surface area contributed by atoms with Crippen molar-refractivity contribution >= 4 is 6.72 Å². The lowest BCUT2D eigenvalue weighted by Gasteiger charge is -1.72. The maximum absolute atomic E-state index is 3.44. The van der Waals surface area contributed by atoms with Crippen molar-refractivity contribution < 1.29 is 0 Å². The second-order valence-electron chi connectivity index (χ2n) is 1.30. The molecule has 0 radical (unpaired) electrons. The quantitative estimate of drug-likeness (QED) is 0.364. The van der Waals surface area contributed by atoms with Crippen molar-refractivity contribution in [2.75, 3.05) is 0 Å². The number of nitrogens with zero attached hydrogens (tertiary/aromatic N) is 1. The Hall–Kier alpha value is -0.850. The van der Waals surface area contributed by atoms with Crippen molar-refractivity contribution in [2.45, 2.75) is 13.8 Å². The van der Waals surface area contributed by atoms with Gasteiger partial charge >= 0.3 is 0 Å². The Balaban J connectivity index is 0. The van der Waals surface area contributed by atoms with E-state index in [9.17, 15) is 0 Å². The summed E-state index contributed by atoms with van der Waals surface area (Å²) in [4.78, 5) is 3.44. The predicted molar refractivity (Wildman–Crippen MR) is 40.2 cm³/mol. The van der Waals surface area contributed by atoms with Gasteiger partial charge in [0.05, 0.1) is 0 Å². The maximum Gasteiger partial charge on any atom is 0.0293 e. The van der Waals surface area contributed by atoms with E-state index in [-0.39, 0.29) is 0 Å². The zero-order chi connectivity index (χ0) is 6.99. The summed E-state index contributed by atoms with van der Waals surface area (Å²) in [5.74, 6) is 0. The van der Waals surface area contributed by atoms with E-state index in [0.29, 0.717) is 0 Å². The van der Waals surface area contributed by atoms with Gasteiger partial charge in [0.25, 0.3) is 0 Å². The van der Waals surface area contributed by atoms with Crippen LogP contribution in [0.15, 0.2) is 29.9 Å². The van der Waals surface area contributed by atoms with Gasteiger partial charge < -0.3 is 0 Å². The maximum atomic E-state index is 3.44. The van der Waals surface area contributed by atoms with Crippen LogP contribution in [0.1, 0.15) is 13.8 Å². The third kappa shape index (κ3) is 67.1. The molecule has 0 saturated carbocycles. The third-order valence-corrected chi connectivity index (χ3v) is 0.270. The molecule has 0 fully saturated rings. The molecule has 0 aromatic rings. The Labute approximate surface area is 51.5 Å². The first-order valence-corrected chi connectivity index (χ1v) is 2.38. The molecular weight excluding hydrogens is 98.1 g/mol. The van der Waals surface area contributed by atoms with Crippen LogP contribution in [0, 0.1) is 0 Å². The van der Waals surface area contributed by atoms with Gasteiger partial charge in [0.2, 0.25) is 0 Å². The zero-order valence-electron chi connectivity index (χ0n) is 5.65. The van der Waals surface area contributed by atoms with Crippen molar-refractivity contribution in [1.29, 1.82) is 0 Å². The smallest absolute Gasteiger partial charge is 0.0293 e. The van der Waals surface area contributed by atoms with Crippen LogP contribution in [-0.2, 0) is 0 Å². The first-order chi connectivity index (χ1) is 3.68. The van der Waals surface area contributed by atoms with Crippen LogP contribution < -0.4 is 0 Å².